The molecule has 3 aromatic rings. The van der Waals surface area contributed by atoms with Gasteiger partial charge >= 0.3 is 23.9 Å². The SMILES string of the molecule is NCCCC[C@@H](C(=O)O)N(C(=O)N[C@@H](CCC(=O)O)C(=O)O)C(=O)[C@H](Cc1ccc2ccccc2n1)NC(=O)c1ccc(CN)cn1. The summed E-state index contributed by atoms with van der Waals surface area (Å²) in [5.74, 6) is -6.50. The second-order valence-corrected chi connectivity index (χ2v) is 10.6. The normalized spacial score (nSPS) is 12.8. The number of nitrogens with one attached hydrogen (secondary N) is 2. The van der Waals surface area contributed by atoms with Crippen molar-refractivity contribution >= 4 is 46.7 Å². The maximum Gasteiger partial charge on any atom is 0.326 e. The number of imide groups is 1. The van der Waals surface area contributed by atoms with Crippen molar-refractivity contribution in [3.63, 3.8) is 0 Å². The fourth-order valence-corrected chi connectivity index (χ4v) is 4.69. The van der Waals surface area contributed by atoms with Crippen molar-refractivity contribution in [1.29, 1.82) is 0 Å². The predicted molar refractivity (Wildman–Crippen MR) is 167 cm³/mol. The first kappa shape index (κ1) is 36.0. The van der Waals surface area contributed by atoms with Crippen LogP contribution in [-0.2, 0) is 32.1 Å². The van der Waals surface area contributed by atoms with Crippen LogP contribution in [0.15, 0.2) is 54.7 Å². The minimum Gasteiger partial charge on any atom is -0.481 e. The van der Waals surface area contributed by atoms with E-state index in [-0.39, 0.29) is 38.0 Å². The van der Waals surface area contributed by atoms with Crippen molar-refractivity contribution in [3.8, 4) is 0 Å². The molecular weight excluding hydrogens is 614 g/mol. The van der Waals surface area contributed by atoms with Crippen LogP contribution in [0.4, 0.5) is 4.79 Å². The van der Waals surface area contributed by atoms with Crippen molar-refractivity contribution in [2.24, 2.45) is 11.5 Å². The Balaban J connectivity index is 2.06. The van der Waals surface area contributed by atoms with Crippen LogP contribution >= 0.6 is 0 Å². The van der Waals surface area contributed by atoms with Crippen molar-refractivity contribution in [3.05, 3.63) is 71.7 Å². The van der Waals surface area contributed by atoms with E-state index >= 15 is 0 Å². The Bertz CT molecular complexity index is 1600. The van der Waals surface area contributed by atoms with Crippen LogP contribution in [0.1, 0.15) is 53.8 Å². The highest BCUT2D eigenvalue weighted by Crippen LogP contribution is 2.17. The van der Waals surface area contributed by atoms with Gasteiger partial charge in [-0.05, 0) is 56.0 Å². The summed E-state index contributed by atoms with van der Waals surface area (Å²) >= 11 is 0. The Morgan fingerprint density at radius 2 is 1.57 bits per heavy atom. The lowest BCUT2D eigenvalue weighted by atomic mass is 10.0. The van der Waals surface area contributed by atoms with Gasteiger partial charge in [0, 0.05) is 36.7 Å². The molecule has 2 aromatic heterocycles. The number of urea groups is 1. The standard InChI is InChI=1S/C31H37N7O9/c32-14-4-3-7-25(30(45)46)38(31(47)37-23(29(43)44)12-13-26(39)40)28(42)24(36-27(41)22-11-8-18(16-33)17-34-22)15-20-10-9-19-5-1-2-6-21(19)35-20/h1-2,5-6,8-11,17,23-25H,3-4,7,12-16,32-33H2,(H,36,41)(H,37,47)(H,39,40)(H,43,44)(H,45,46)/t23-,24-,25-/m0/s1. The summed E-state index contributed by atoms with van der Waals surface area (Å²) in [6.45, 7) is 0.364. The van der Waals surface area contributed by atoms with Crippen molar-refractivity contribution in [2.75, 3.05) is 6.54 Å². The van der Waals surface area contributed by atoms with Gasteiger partial charge in [0.05, 0.1) is 5.52 Å². The predicted octanol–water partition coefficient (Wildman–Crippen LogP) is 0.868. The Morgan fingerprint density at radius 3 is 2.19 bits per heavy atom. The van der Waals surface area contributed by atoms with Crippen molar-refractivity contribution in [1.82, 2.24) is 25.5 Å². The molecule has 0 saturated heterocycles. The number of nitrogens with two attached hydrogens (primary N) is 2. The van der Waals surface area contributed by atoms with E-state index in [1.54, 1.807) is 30.3 Å². The molecule has 250 valence electrons. The third-order valence-electron chi connectivity index (χ3n) is 7.19. The molecule has 0 saturated carbocycles. The first-order valence-electron chi connectivity index (χ1n) is 14.8. The van der Waals surface area contributed by atoms with Gasteiger partial charge in [0.25, 0.3) is 11.8 Å². The van der Waals surface area contributed by atoms with Gasteiger partial charge in [-0.3, -0.25) is 24.4 Å². The van der Waals surface area contributed by atoms with E-state index < -0.39 is 66.7 Å². The van der Waals surface area contributed by atoms with E-state index in [1.807, 2.05) is 12.1 Å². The maximum absolute atomic E-state index is 14.3. The number of benzene rings is 1. The smallest absolute Gasteiger partial charge is 0.326 e. The molecule has 9 N–H and O–H groups in total. The number of amides is 4. The molecule has 3 atom stereocenters. The molecule has 0 fully saturated rings. The maximum atomic E-state index is 14.3. The Labute approximate surface area is 269 Å². The zero-order chi connectivity index (χ0) is 34.5. The molecule has 0 bridgehead atoms. The molecule has 0 spiro atoms. The average Bonchev–Trinajstić information content (AvgIpc) is 3.05. The van der Waals surface area contributed by atoms with Gasteiger partial charge in [-0.2, -0.15) is 0 Å². The van der Waals surface area contributed by atoms with Gasteiger partial charge in [0.15, 0.2) is 0 Å². The summed E-state index contributed by atoms with van der Waals surface area (Å²) in [6.07, 6.45) is 0.201. The molecule has 0 aliphatic heterocycles. The van der Waals surface area contributed by atoms with Crippen LogP contribution < -0.4 is 22.1 Å². The molecule has 3 rings (SSSR count). The zero-order valence-corrected chi connectivity index (χ0v) is 25.4. The number of aliphatic carboxylic acids is 3. The first-order valence-corrected chi connectivity index (χ1v) is 14.8. The molecule has 0 aliphatic carbocycles. The molecule has 16 nitrogen and oxygen atoms in total. The zero-order valence-electron chi connectivity index (χ0n) is 25.4. The number of hydrogen-bond donors (Lipinski definition) is 7. The molecule has 47 heavy (non-hydrogen) atoms. The number of fused-ring (bicyclic) bond motifs is 1. The fourth-order valence-electron chi connectivity index (χ4n) is 4.69. The van der Waals surface area contributed by atoms with Crippen molar-refractivity contribution in [2.45, 2.75) is 63.2 Å². The number of carbonyl (C=O) groups is 6. The average molecular weight is 652 g/mol. The van der Waals surface area contributed by atoms with Gasteiger partial charge < -0.3 is 37.4 Å². The van der Waals surface area contributed by atoms with Gasteiger partial charge in [0.2, 0.25) is 0 Å². The first-order chi connectivity index (χ1) is 22.4. The van der Waals surface area contributed by atoms with E-state index in [0.717, 1.165) is 5.39 Å². The van der Waals surface area contributed by atoms with Crippen molar-refractivity contribution < 1.29 is 44.1 Å². The van der Waals surface area contributed by atoms with Gasteiger partial charge in [-0.1, -0.05) is 30.3 Å². The number of nitrogens with zero attached hydrogens (tertiary/aromatic N) is 3. The Hall–Kier alpha value is -5.48. The van der Waals surface area contributed by atoms with E-state index in [9.17, 15) is 39.0 Å². The highest BCUT2D eigenvalue weighted by Gasteiger charge is 2.40. The molecule has 4 amide bonds. The minimum absolute atomic E-state index is 0.0974. The largest absolute Gasteiger partial charge is 0.481 e. The lowest BCUT2D eigenvalue weighted by molar-refractivity contribution is -0.148. The number of para-hydroxylation sites is 1. The minimum atomic E-state index is -1.80. The second kappa shape index (κ2) is 17.3. The molecule has 2 heterocycles. The summed E-state index contributed by atoms with van der Waals surface area (Å²) in [7, 11) is 0. The summed E-state index contributed by atoms with van der Waals surface area (Å²) in [5.41, 5.74) is 12.6. The monoisotopic (exact) mass is 651 g/mol. The quantitative estimate of drug-likeness (QED) is 0.1000. The van der Waals surface area contributed by atoms with E-state index in [2.05, 4.69) is 20.6 Å². The number of rotatable bonds is 17. The number of carboxylic acids is 3. The van der Waals surface area contributed by atoms with Gasteiger partial charge in [0.1, 0.15) is 23.8 Å². The Kier molecular flexibility index (Phi) is 13.2. The van der Waals surface area contributed by atoms with Crippen LogP contribution in [0.25, 0.3) is 10.9 Å². The van der Waals surface area contributed by atoms with Gasteiger partial charge in [-0.25, -0.2) is 19.3 Å². The van der Waals surface area contributed by atoms with E-state index in [1.165, 1.54) is 12.3 Å². The highest BCUT2D eigenvalue weighted by atomic mass is 16.4. The number of unbranched alkanes of at least 4 members (excludes halogenated alkanes) is 1. The number of pyridine rings is 2. The third kappa shape index (κ3) is 10.3. The Morgan fingerprint density at radius 1 is 0.830 bits per heavy atom. The summed E-state index contributed by atoms with van der Waals surface area (Å²) < 4.78 is 0. The lowest BCUT2D eigenvalue weighted by Crippen LogP contribution is -2.60. The molecule has 0 unspecified atom stereocenters. The third-order valence-corrected chi connectivity index (χ3v) is 7.19. The van der Waals surface area contributed by atoms with Gasteiger partial charge in [-0.15, -0.1) is 0 Å². The van der Waals surface area contributed by atoms with E-state index in [0.29, 0.717) is 28.1 Å². The summed E-state index contributed by atoms with van der Waals surface area (Å²) in [5, 5.41) is 34.2. The number of carboxylic acid groups (broad SMARTS) is 3. The fraction of sp³-hybridized carbons (Fsp3) is 0.355. The molecule has 1 aromatic carbocycles. The second-order valence-electron chi connectivity index (χ2n) is 10.6. The lowest BCUT2D eigenvalue weighted by Gasteiger charge is -2.32. The van der Waals surface area contributed by atoms with E-state index in [4.69, 9.17) is 16.6 Å². The van der Waals surface area contributed by atoms with Crippen LogP contribution in [0.2, 0.25) is 0 Å². The summed E-state index contributed by atoms with van der Waals surface area (Å²) in [4.78, 5) is 85.6. The molecule has 0 radical (unpaired) electrons. The number of carbonyl (C=O) groups excluding carboxylic acids is 3. The molecular formula is C31H37N7O9. The topological polar surface area (TPSA) is 268 Å². The molecule has 0 aliphatic rings. The van der Waals surface area contributed by atoms with Crippen LogP contribution in [0.3, 0.4) is 0 Å². The van der Waals surface area contributed by atoms with Crippen LogP contribution in [-0.4, -0.2) is 90.6 Å². The van der Waals surface area contributed by atoms with Crippen LogP contribution in [0.5, 0.6) is 0 Å². The highest BCUT2D eigenvalue weighted by molar-refractivity contribution is 6.04. The number of hydrogen-bond acceptors (Lipinski definition) is 10. The number of aromatic nitrogens is 2. The summed E-state index contributed by atoms with van der Waals surface area (Å²) in [6, 6.07) is 6.86. The van der Waals surface area contributed by atoms with Crippen LogP contribution in [0, 0.1) is 0 Å². The molecule has 16 heteroatoms.